The minimum absolute atomic E-state index is 0.152. The lowest BCUT2D eigenvalue weighted by Gasteiger charge is -2.13. The zero-order valence-electron chi connectivity index (χ0n) is 10.7. The molecule has 2 nitrogen and oxygen atoms in total. The van der Waals surface area contributed by atoms with Crippen LogP contribution in [-0.4, -0.2) is 6.61 Å². The molecule has 1 aromatic rings. The maximum Gasteiger partial charge on any atom is 0.119 e. The number of rotatable bonds is 5. The zero-order chi connectivity index (χ0) is 12.1. The van der Waals surface area contributed by atoms with Crippen molar-refractivity contribution in [2.24, 2.45) is 11.7 Å². The molecule has 0 spiro atoms. The van der Waals surface area contributed by atoms with Crippen LogP contribution in [0.1, 0.15) is 50.6 Å². The maximum absolute atomic E-state index is 5.98. The van der Waals surface area contributed by atoms with E-state index in [1.54, 1.807) is 0 Å². The predicted octanol–water partition coefficient (Wildman–Crippen LogP) is 3.67. The quantitative estimate of drug-likeness (QED) is 0.842. The van der Waals surface area contributed by atoms with Crippen molar-refractivity contribution in [1.29, 1.82) is 0 Å². The van der Waals surface area contributed by atoms with Crippen molar-refractivity contribution in [3.05, 3.63) is 29.8 Å². The number of benzene rings is 1. The maximum atomic E-state index is 5.98. The summed E-state index contributed by atoms with van der Waals surface area (Å²) in [6.45, 7) is 2.98. The van der Waals surface area contributed by atoms with E-state index in [1.807, 2.05) is 12.1 Å². The molecule has 0 bridgehead atoms. The van der Waals surface area contributed by atoms with E-state index in [0.29, 0.717) is 0 Å². The van der Waals surface area contributed by atoms with Crippen LogP contribution in [-0.2, 0) is 0 Å². The minimum atomic E-state index is 0.152. The lowest BCUT2D eigenvalue weighted by Crippen LogP contribution is -2.09. The summed E-state index contributed by atoms with van der Waals surface area (Å²) in [5.41, 5.74) is 7.17. The van der Waals surface area contributed by atoms with Gasteiger partial charge in [0, 0.05) is 6.04 Å². The van der Waals surface area contributed by atoms with Crippen LogP contribution in [0.4, 0.5) is 0 Å². The van der Waals surface area contributed by atoms with Gasteiger partial charge in [-0.1, -0.05) is 31.9 Å². The topological polar surface area (TPSA) is 35.2 Å². The second-order valence-electron chi connectivity index (χ2n) is 5.05. The molecule has 2 heteroatoms. The summed E-state index contributed by atoms with van der Waals surface area (Å²) in [4.78, 5) is 0. The van der Waals surface area contributed by atoms with Crippen LogP contribution in [0.15, 0.2) is 24.3 Å². The molecule has 0 radical (unpaired) electrons. The van der Waals surface area contributed by atoms with Gasteiger partial charge in [0.25, 0.3) is 0 Å². The van der Waals surface area contributed by atoms with Crippen molar-refractivity contribution in [2.75, 3.05) is 6.61 Å². The number of nitrogens with two attached hydrogens (primary N) is 1. The fourth-order valence-corrected chi connectivity index (χ4v) is 2.44. The normalized spacial score (nSPS) is 18.2. The minimum Gasteiger partial charge on any atom is -0.493 e. The molecular weight excluding hydrogens is 210 g/mol. The van der Waals surface area contributed by atoms with E-state index in [1.165, 1.54) is 31.2 Å². The molecule has 0 unspecified atom stereocenters. The van der Waals surface area contributed by atoms with Crippen molar-refractivity contribution in [1.82, 2.24) is 0 Å². The van der Waals surface area contributed by atoms with Crippen LogP contribution in [0.2, 0.25) is 0 Å². The summed E-state index contributed by atoms with van der Waals surface area (Å²) in [5.74, 6) is 1.75. The smallest absolute Gasteiger partial charge is 0.119 e. The van der Waals surface area contributed by atoms with Crippen molar-refractivity contribution in [3.8, 4) is 5.75 Å². The monoisotopic (exact) mass is 233 g/mol. The third kappa shape index (κ3) is 3.47. The van der Waals surface area contributed by atoms with Gasteiger partial charge in [-0.25, -0.2) is 0 Å². The Balaban J connectivity index is 1.84. The molecular formula is C15H23NO. The van der Waals surface area contributed by atoms with E-state index >= 15 is 0 Å². The van der Waals surface area contributed by atoms with Crippen molar-refractivity contribution in [3.63, 3.8) is 0 Å². The molecule has 1 aliphatic rings. The molecule has 1 fully saturated rings. The third-order valence-corrected chi connectivity index (χ3v) is 3.71. The zero-order valence-corrected chi connectivity index (χ0v) is 10.7. The summed E-state index contributed by atoms with van der Waals surface area (Å²) in [6.07, 6.45) is 6.39. The lowest BCUT2D eigenvalue weighted by molar-refractivity contribution is 0.252. The molecule has 0 aromatic heterocycles. The van der Waals surface area contributed by atoms with Gasteiger partial charge in [0.1, 0.15) is 5.75 Å². The van der Waals surface area contributed by atoms with Gasteiger partial charge in [0.2, 0.25) is 0 Å². The predicted molar refractivity (Wildman–Crippen MR) is 71.1 cm³/mol. The summed E-state index contributed by atoms with van der Waals surface area (Å²) in [7, 11) is 0. The molecule has 1 atom stereocenters. The van der Waals surface area contributed by atoms with Gasteiger partial charge in [-0.3, -0.25) is 0 Å². The first kappa shape index (κ1) is 12.4. The van der Waals surface area contributed by atoms with E-state index in [4.69, 9.17) is 10.5 Å². The molecule has 1 aliphatic carbocycles. The highest BCUT2D eigenvalue weighted by Crippen LogP contribution is 2.26. The summed E-state index contributed by atoms with van der Waals surface area (Å²) < 4.78 is 5.82. The fourth-order valence-electron chi connectivity index (χ4n) is 2.44. The van der Waals surface area contributed by atoms with Gasteiger partial charge in [-0.15, -0.1) is 0 Å². The summed E-state index contributed by atoms with van der Waals surface area (Å²) in [5, 5.41) is 0. The Morgan fingerprint density at radius 2 is 1.88 bits per heavy atom. The lowest BCUT2D eigenvalue weighted by atomic mass is 10.1. The molecule has 0 aliphatic heterocycles. The standard InChI is InChI=1S/C15H23NO/c1-2-15(16)13-7-9-14(10-8-13)17-11-12-5-3-4-6-12/h7-10,12,15H,2-6,11,16H2,1H3/t15-/m0/s1. The van der Waals surface area contributed by atoms with E-state index in [9.17, 15) is 0 Å². The average Bonchev–Trinajstić information content (AvgIpc) is 2.89. The van der Waals surface area contributed by atoms with Crippen molar-refractivity contribution in [2.45, 2.75) is 45.1 Å². The molecule has 2 rings (SSSR count). The largest absolute Gasteiger partial charge is 0.493 e. The van der Waals surface area contributed by atoms with Gasteiger partial charge in [0.05, 0.1) is 6.61 Å². The molecule has 2 N–H and O–H groups in total. The number of hydrogen-bond donors (Lipinski definition) is 1. The first-order valence-corrected chi connectivity index (χ1v) is 6.78. The van der Waals surface area contributed by atoms with Crippen molar-refractivity contribution >= 4 is 0 Å². The molecule has 1 aromatic carbocycles. The Bertz CT molecular complexity index is 327. The van der Waals surface area contributed by atoms with Gasteiger partial charge < -0.3 is 10.5 Å². The third-order valence-electron chi connectivity index (χ3n) is 3.71. The van der Waals surface area contributed by atoms with E-state index < -0.39 is 0 Å². The summed E-state index contributed by atoms with van der Waals surface area (Å²) in [6, 6.07) is 8.40. The first-order valence-electron chi connectivity index (χ1n) is 6.78. The Labute approximate surface area is 104 Å². The molecule has 0 amide bonds. The van der Waals surface area contributed by atoms with Crippen LogP contribution in [0.3, 0.4) is 0 Å². The average molecular weight is 233 g/mol. The Morgan fingerprint density at radius 3 is 2.47 bits per heavy atom. The van der Waals surface area contributed by atoms with E-state index in [2.05, 4.69) is 19.1 Å². The van der Waals surface area contributed by atoms with Gasteiger partial charge in [-0.05, 0) is 42.9 Å². The van der Waals surface area contributed by atoms with Crippen LogP contribution < -0.4 is 10.5 Å². The Morgan fingerprint density at radius 1 is 1.24 bits per heavy atom. The second-order valence-corrected chi connectivity index (χ2v) is 5.05. The van der Waals surface area contributed by atoms with Crippen LogP contribution >= 0.6 is 0 Å². The molecule has 94 valence electrons. The highest BCUT2D eigenvalue weighted by Gasteiger charge is 2.15. The summed E-state index contributed by atoms with van der Waals surface area (Å²) >= 11 is 0. The molecule has 17 heavy (non-hydrogen) atoms. The highest BCUT2D eigenvalue weighted by molar-refractivity contribution is 5.28. The first-order chi connectivity index (χ1) is 8.29. The SMILES string of the molecule is CC[C@H](N)c1ccc(OCC2CCCC2)cc1. The van der Waals surface area contributed by atoms with Gasteiger partial charge in [-0.2, -0.15) is 0 Å². The Hall–Kier alpha value is -1.02. The second kappa shape index (κ2) is 6.06. The van der Waals surface area contributed by atoms with E-state index in [-0.39, 0.29) is 6.04 Å². The molecule has 0 heterocycles. The van der Waals surface area contributed by atoms with E-state index in [0.717, 1.165) is 24.7 Å². The molecule has 0 saturated heterocycles. The van der Waals surface area contributed by atoms with Crippen LogP contribution in [0.5, 0.6) is 5.75 Å². The van der Waals surface area contributed by atoms with Crippen molar-refractivity contribution < 1.29 is 4.74 Å². The van der Waals surface area contributed by atoms with Crippen LogP contribution in [0.25, 0.3) is 0 Å². The van der Waals surface area contributed by atoms with Crippen LogP contribution in [0, 0.1) is 5.92 Å². The van der Waals surface area contributed by atoms with Gasteiger partial charge >= 0.3 is 0 Å². The fraction of sp³-hybridized carbons (Fsp3) is 0.600. The Kier molecular flexibility index (Phi) is 4.43. The highest BCUT2D eigenvalue weighted by atomic mass is 16.5. The number of ether oxygens (including phenoxy) is 1. The van der Waals surface area contributed by atoms with Gasteiger partial charge in [0.15, 0.2) is 0 Å². The number of hydrogen-bond acceptors (Lipinski definition) is 2. The molecule has 1 saturated carbocycles.